The molecule has 1 atom stereocenters. The van der Waals surface area contributed by atoms with Gasteiger partial charge in [-0.3, -0.25) is 9.59 Å². The molecule has 3 rings (SSSR count). The standard InChI is InChI=1S/C20H26N4O3S/c1-4-22-8-10-23(11-9-22)19(26)15(2)24-12-13-28-20(24)21-18(25)16-6-5-7-17(14-16)27-3/h5-7,12-15H,4,8-11H2,1-3H3/t15-/m1/s1. The fourth-order valence-electron chi connectivity index (χ4n) is 3.24. The van der Waals surface area contributed by atoms with E-state index in [1.807, 2.05) is 23.4 Å². The molecule has 1 aromatic carbocycles. The van der Waals surface area contributed by atoms with Gasteiger partial charge in [-0.2, -0.15) is 4.99 Å². The summed E-state index contributed by atoms with van der Waals surface area (Å²) in [5.41, 5.74) is 0.453. The van der Waals surface area contributed by atoms with Crippen LogP contribution in [0.3, 0.4) is 0 Å². The molecule has 2 heterocycles. The van der Waals surface area contributed by atoms with Gasteiger partial charge in [0.2, 0.25) is 5.91 Å². The number of hydrogen-bond acceptors (Lipinski definition) is 5. The van der Waals surface area contributed by atoms with E-state index < -0.39 is 6.04 Å². The van der Waals surface area contributed by atoms with E-state index in [2.05, 4.69) is 16.8 Å². The third-order valence-electron chi connectivity index (χ3n) is 5.04. The summed E-state index contributed by atoms with van der Waals surface area (Å²) < 4.78 is 6.94. The van der Waals surface area contributed by atoms with Crippen molar-refractivity contribution in [2.45, 2.75) is 19.9 Å². The summed E-state index contributed by atoms with van der Waals surface area (Å²) in [7, 11) is 1.56. The molecule has 0 saturated carbocycles. The molecule has 0 bridgehead atoms. The Balaban J connectivity index is 1.77. The number of methoxy groups -OCH3 is 1. The van der Waals surface area contributed by atoms with E-state index in [1.165, 1.54) is 11.3 Å². The molecule has 28 heavy (non-hydrogen) atoms. The number of hydrogen-bond donors (Lipinski definition) is 0. The Morgan fingerprint density at radius 2 is 2.00 bits per heavy atom. The molecule has 1 fully saturated rings. The monoisotopic (exact) mass is 402 g/mol. The van der Waals surface area contributed by atoms with Crippen molar-refractivity contribution in [2.75, 3.05) is 39.8 Å². The highest BCUT2D eigenvalue weighted by molar-refractivity contribution is 7.07. The summed E-state index contributed by atoms with van der Waals surface area (Å²) in [6, 6.07) is 6.49. The van der Waals surface area contributed by atoms with Crippen LogP contribution in [0.15, 0.2) is 40.8 Å². The van der Waals surface area contributed by atoms with Gasteiger partial charge in [0.25, 0.3) is 5.91 Å². The molecule has 7 nitrogen and oxygen atoms in total. The van der Waals surface area contributed by atoms with E-state index >= 15 is 0 Å². The van der Waals surface area contributed by atoms with Gasteiger partial charge in [0.15, 0.2) is 4.80 Å². The molecular formula is C20H26N4O3S. The van der Waals surface area contributed by atoms with E-state index in [1.54, 1.807) is 35.9 Å². The number of benzene rings is 1. The van der Waals surface area contributed by atoms with Crippen molar-refractivity contribution < 1.29 is 14.3 Å². The average molecular weight is 403 g/mol. The van der Waals surface area contributed by atoms with Gasteiger partial charge in [-0.25, -0.2) is 0 Å². The minimum absolute atomic E-state index is 0.0597. The van der Waals surface area contributed by atoms with Crippen LogP contribution in [0, 0.1) is 0 Å². The molecule has 2 amide bonds. The van der Waals surface area contributed by atoms with Gasteiger partial charge in [0, 0.05) is 43.3 Å². The summed E-state index contributed by atoms with van der Waals surface area (Å²) in [5.74, 6) is 0.311. The number of rotatable bonds is 5. The summed E-state index contributed by atoms with van der Waals surface area (Å²) >= 11 is 1.34. The van der Waals surface area contributed by atoms with Crippen LogP contribution >= 0.6 is 11.3 Å². The maximum absolute atomic E-state index is 12.9. The molecule has 2 aromatic rings. The minimum atomic E-state index is -0.406. The lowest BCUT2D eigenvalue weighted by Gasteiger charge is -2.35. The number of nitrogens with zero attached hydrogens (tertiary/aromatic N) is 4. The van der Waals surface area contributed by atoms with Crippen molar-refractivity contribution in [3.05, 3.63) is 46.2 Å². The van der Waals surface area contributed by atoms with Crippen LogP contribution < -0.4 is 9.54 Å². The molecule has 8 heteroatoms. The van der Waals surface area contributed by atoms with E-state index in [0.717, 1.165) is 32.7 Å². The lowest BCUT2D eigenvalue weighted by molar-refractivity contribution is -0.136. The van der Waals surface area contributed by atoms with Crippen LogP contribution in [0.4, 0.5) is 0 Å². The lowest BCUT2D eigenvalue weighted by Crippen LogP contribution is -2.50. The Morgan fingerprint density at radius 3 is 2.68 bits per heavy atom. The van der Waals surface area contributed by atoms with Crippen LogP contribution in [0.5, 0.6) is 5.75 Å². The summed E-state index contributed by atoms with van der Waals surface area (Å²) in [6.07, 6.45) is 1.81. The molecule has 0 N–H and O–H groups in total. The fourth-order valence-corrected chi connectivity index (χ4v) is 4.03. The van der Waals surface area contributed by atoms with Crippen molar-refractivity contribution >= 4 is 23.2 Å². The molecule has 150 valence electrons. The van der Waals surface area contributed by atoms with E-state index in [-0.39, 0.29) is 11.8 Å². The van der Waals surface area contributed by atoms with Crippen molar-refractivity contribution in [3.8, 4) is 5.75 Å². The van der Waals surface area contributed by atoms with Crippen LogP contribution in [-0.2, 0) is 4.79 Å². The number of aromatic nitrogens is 1. The quantitative estimate of drug-likeness (QED) is 0.768. The molecule has 0 aliphatic carbocycles. The van der Waals surface area contributed by atoms with E-state index in [0.29, 0.717) is 16.1 Å². The third kappa shape index (κ3) is 4.51. The van der Waals surface area contributed by atoms with Gasteiger partial charge < -0.3 is 19.1 Å². The average Bonchev–Trinajstić information content (AvgIpc) is 3.20. The Hall–Kier alpha value is -2.45. The first kappa shape index (κ1) is 20.3. The molecule has 1 aliphatic heterocycles. The normalized spacial score (nSPS) is 16.8. The molecular weight excluding hydrogens is 376 g/mol. The van der Waals surface area contributed by atoms with Crippen molar-refractivity contribution in [3.63, 3.8) is 0 Å². The highest BCUT2D eigenvalue weighted by atomic mass is 32.1. The predicted octanol–water partition coefficient (Wildman–Crippen LogP) is 2.02. The first-order valence-electron chi connectivity index (χ1n) is 9.43. The minimum Gasteiger partial charge on any atom is -0.497 e. The van der Waals surface area contributed by atoms with Crippen LogP contribution in [0.25, 0.3) is 0 Å². The van der Waals surface area contributed by atoms with Crippen molar-refractivity contribution in [1.82, 2.24) is 14.4 Å². The first-order chi connectivity index (χ1) is 13.5. The second kappa shape index (κ2) is 9.16. The first-order valence-corrected chi connectivity index (χ1v) is 10.3. The Kier molecular flexibility index (Phi) is 6.64. The smallest absolute Gasteiger partial charge is 0.279 e. The zero-order chi connectivity index (χ0) is 20.1. The second-order valence-corrected chi connectivity index (χ2v) is 7.55. The Morgan fingerprint density at radius 1 is 1.25 bits per heavy atom. The number of likely N-dealkylation sites (N-methyl/N-ethyl adjacent to an activating group) is 1. The Bertz CT molecular complexity index is 897. The molecule has 0 spiro atoms. The topological polar surface area (TPSA) is 67.1 Å². The number of piperazine rings is 1. The van der Waals surface area contributed by atoms with E-state index in [9.17, 15) is 9.59 Å². The highest BCUT2D eigenvalue weighted by Gasteiger charge is 2.25. The number of carbonyl (C=O) groups is 2. The Labute approximate surface area is 168 Å². The zero-order valence-corrected chi connectivity index (χ0v) is 17.3. The molecule has 1 saturated heterocycles. The van der Waals surface area contributed by atoms with Gasteiger partial charge in [0.1, 0.15) is 11.8 Å². The van der Waals surface area contributed by atoms with Gasteiger partial charge in [0.05, 0.1) is 7.11 Å². The third-order valence-corrected chi connectivity index (χ3v) is 5.81. The second-order valence-electron chi connectivity index (χ2n) is 6.68. The van der Waals surface area contributed by atoms with Gasteiger partial charge in [-0.1, -0.05) is 13.0 Å². The maximum atomic E-state index is 12.9. The van der Waals surface area contributed by atoms with Crippen molar-refractivity contribution in [2.24, 2.45) is 4.99 Å². The van der Waals surface area contributed by atoms with Crippen LogP contribution in [0.2, 0.25) is 0 Å². The van der Waals surface area contributed by atoms with Crippen molar-refractivity contribution in [1.29, 1.82) is 0 Å². The van der Waals surface area contributed by atoms with E-state index in [4.69, 9.17) is 4.74 Å². The SMILES string of the molecule is CCN1CCN(C(=O)[C@@H](C)n2ccsc2=NC(=O)c2cccc(OC)c2)CC1. The molecule has 0 radical (unpaired) electrons. The zero-order valence-electron chi connectivity index (χ0n) is 16.5. The van der Waals surface area contributed by atoms with Gasteiger partial charge in [-0.15, -0.1) is 11.3 Å². The number of thiazole rings is 1. The van der Waals surface area contributed by atoms with Gasteiger partial charge >= 0.3 is 0 Å². The highest BCUT2D eigenvalue weighted by Crippen LogP contribution is 2.14. The largest absolute Gasteiger partial charge is 0.497 e. The number of amides is 2. The summed E-state index contributed by atoms with van der Waals surface area (Å²) in [6.45, 7) is 8.26. The van der Waals surface area contributed by atoms with Gasteiger partial charge in [-0.05, 0) is 31.7 Å². The van der Waals surface area contributed by atoms with Crippen LogP contribution in [-0.4, -0.2) is 66.0 Å². The molecule has 0 unspecified atom stereocenters. The molecule has 1 aromatic heterocycles. The summed E-state index contributed by atoms with van der Waals surface area (Å²) in [4.78, 5) is 34.5. The maximum Gasteiger partial charge on any atom is 0.279 e. The number of ether oxygens (including phenoxy) is 1. The summed E-state index contributed by atoms with van der Waals surface area (Å²) in [5, 5.41) is 1.84. The fraction of sp³-hybridized carbons (Fsp3) is 0.450. The lowest BCUT2D eigenvalue weighted by atomic mass is 10.2. The van der Waals surface area contributed by atoms with Crippen LogP contribution in [0.1, 0.15) is 30.2 Å². The molecule has 1 aliphatic rings. The number of carbonyl (C=O) groups excluding carboxylic acids is 2. The predicted molar refractivity (Wildman–Crippen MR) is 109 cm³/mol.